The summed E-state index contributed by atoms with van der Waals surface area (Å²) in [4.78, 5) is 31.8. The van der Waals surface area contributed by atoms with Crippen molar-refractivity contribution in [2.45, 2.75) is 34.1 Å². The van der Waals surface area contributed by atoms with E-state index in [0.717, 1.165) is 0 Å². The Labute approximate surface area is 159 Å². The number of carbonyl (C=O) groups excluding carboxylic acids is 3. The highest BCUT2D eigenvalue weighted by atomic mass is 16.3. The molecule has 0 amide bonds. The lowest BCUT2D eigenvalue weighted by Crippen LogP contribution is -2.18. The van der Waals surface area contributed by atoms with Crippen LogP contribution < -0.4 is 5.11 Å². The van der Waals surface area contributed by atoms with Crippen molar-refractivity contribution < 1.29 is 24.6 Å². The van der Waals surface area contributed by atoms with Gasteiger partial charge in [-0.2, -0.15) is 0 Å². The van der Waals surface area contributed by atoms with Crippen LogP contribution >= 0.6 is 0 Å². The smallest absolute Gasteiger partial charge is 0.222 e. The fourth-order valence-corrected chi connectivity index (χ4v) is 1.91. The zero-order valence-corrected chi connectivity index (χ0v) is 14.6. The monoisotopic (exact) mass is 370 g/mol. The summed E-state index contributed by atoms with van der Waals surface area (Å²) in [7, 11) is 0. The van der Waals surface area contributed by atoms with Crippen LogP contribution in [0.15, 0.2) is 71.3 Å². The summed E-state index contributed by atoms with van der Waals surface area (Å²) in [6.07, 6.45) is 13.4. The Hall–Kier alpha value is -3.28. The van der Waals surface area contributed by atoms with Gasteiger partial charge in [0.1, 0.15) is 0 Å². The van der Waals surface area contributed by atoms with Gasteiger partial charge in [0.2, 0.25) is 5.78 Å². The minimum absolute atomic E-state index is 0. The molecule has 0 saturated carbocycles. The first-order valence-corrected chi connectivity index (χ1v) is 7.90. The van der Waals surface area contributed by atoms with Gasteiger partial charge in [0, 0.05) is 0 Å². The number of hydrogen-bond acceptors (Lipinski definition) is 6. The van der Waals surface area contributed by atoms with E-state index < -0.39 is 0 Å². The normalized spacial score (nSPS) is 17.9. The van der Waals surface area contributed by atoms with Crippen LogP contribution in [0.5, 0.6) is 0 Å². The van der Waals surface area contributed by atoms with Crippen molar-refractivity contribution in [2.24, 2.45) is 0 Å². The van der Waals surface area contributed by atoms with E-state index >= 15 is 0 Å². The molecule has 0 aromatic carbocycles. The average Bonchev–Trinajstić information content (AvgIpc) is 2.61. The van der Waals surface area contributed by atoms with Gasteiger partial charge in [-0.05, 0) is 68.2 Å². The van der Waals surface area contributed by atoms with Crippen molar-refractivity contribution in [2.75, 3.05) is 0 Å². The quantitative estimate of drug-likeness (QED) is 0.636. The lowest BCUT2D eigenvalue weighted by atomic mass is 10.1. The van der Waals surface area contributed by atoms with Crippen LogP contribution in [0.1, 0.15) is 34.1 Å². The van der Waals surface area contributed by atoms with Crippen LogP contribution in [-0.4, -0.2) is 28.2 Å². The minimum Gasteiger partial charge on any atom is -0.870 e. The fraction of sp³-hybridized carbons (Fsp3) is 0.238. The molecule has 6 heteroatoms. The van der Waals surface area contributed by atoms with Crippen molar-refractivity contribution in [3.05, 3.63) is 71.3 Å². The second-order valence-corrected chi connectivity index (χ2v) is 5.59. The number of rotatable bonds is 0. The van der Waals surface area contributed by atoms with Crippen LogP contribution in [0.4, 0.5) is 0 Å². The van der Waals surface area contributed by atoms with Gasteiger partial charge in [-0.3, -0.25) is 14.4 Å². The van der Waals surface area contributed by atoms with Crippen LogP contribution in [0.3, 0.4) is 0 Å². The molecule has 0 unspecified atom stereocenters. The first-order chi connectivity index (χ1) is 12.2. The van der Waals surface area contributed by atoms with Gasteiger partial charge in [-0.25, -0.2) is 0 Å². The number of hydrogen-bond donors (Lipinski definition) is 2. The number of ketones is 3. The van der Waals surface area contributed by atoms with Crippen molar-refractivity contribution in [1.82, 2.24) is 0 Å². The summed E-state index contributed by atoms with van der Waals surface area (Å²) < 4.78 is 0. The lowest BCUT2D eigenvalue weighted by Gasteiger charge is -2.13. The van der Waals surface area contributed by atoms with Crippen LogP contribution in [0.2, 0.25) is 0 Å². The molecule has 2 N–H and O–H groups in total. The molecule has 0 bridgehead atoms. The van der Waals surface area contributed by atoms with E-state index in [-0.39, 0.29) is 36.3 Å². The molecule has 0 fully saturated rings. The Morgan fingerprint density at radius 1 is 0.852 bits per heavy atom. The molecule has 27 heavy (non-hydrogen) atoms. The summed E-state index contributed by atoms with van der Waals surface area (Å²) in [6, 6.07) is 0. The number of aliphatic hydroxyl groups excluding tert-OH is 1. The van der Waals surface area contributed by atoms with E-state index in [9.17, 15) is 19.5 Å². The largest absolute Gasteiger partial charge is 0.870 e. The lowest BCUT2D eigenvalue weighted by molar-refractivity contribution is -0.298. The van der Waals surface area contributed by atoms with Crippen molar-refractivity contribution in [1.29, 1.82) is 5.41 Å². The molecule has 144 valence electrons. The molecule has 0 atom stereocenters. The summed E-state index contributed by atoms with van der Waals surface area (Å²) in [5, 5.41) is 26.3. The van der Waals surface area contributed by atoms with Crippen LogP contribution in [0, 0.1) is 5.41 Å². The number of aliphatic hydroxyl groups is 1. The highest BCUT2D eigenvalue weighted by molar-refractivity contribution is 6.15. The van der Waals surface area contributed by atoms with Gasteiger partial charge in [-0.1, -0.05) is 31.4 Å². The van der Waals surface area contributed by atoms with Gasteiger partial charge in [0.25, 0.3) is 0 Å². The molecule has 0 spiro atoms. The van der Waals surface area contributed by atoms with Crippen molar-refractivity contribution >= 4 is 23.1 Å². The second kappa shape index (κ2) is 11.4. The SMILES string of the molecule is C.CC1=CCC=C(O)C1=O.CC1=CCC=C([O-])C1=O.N=C1C=CC(=O)C=C1. The first-order valence-electron chi connectivity index (χ1n) is 7.90. The maximum absolute atomic E-state index is 10.7. The Kier molecular flexibility index (Phi) is 9.98. The van der Waals surface area contributed by atoms with Crippen molar-refractivity contribution in [3.63, 3.8) is 0 Å². The molecule has 3 aliphatic rings. The van der Waals surface area contributed by atoms with Crippen LogP contribution in [0.25, 0.3) is 0 Å². The predicted octanol–water partition coefficient (Wildman–Crippen LogP) is 2.83. The van der Waals surface area contributed by atoms with E-state index in [0.29, 0.717) is 29.7 Å². The molecular weight excluding hydrogens is 346 g/mol. The number of allylic oxidation sites excluding steroid dienone is 10. The molecule has 0 aromatic rings. The Morgan fingerprint density at radius 3 is 1.70 bits per heavy atom. The maximum atomic E-state index is 10.7. The van der Waals surface area contributed by atoms with Gasteiger partial charge in [0.05, 0.1) is 5.71 Å². The van der Waals surface area contributed by atoms with Crippen LogP contribution in [-0.2, 0) is 14.4 Å². The van der Waals surface area contributed by atoms with Gasteiger partial charge >= 0.3 is 0 Å². The average molecular weight is 370 g/mol. The van der Waals surface area contributed by atoms with Gasteiger partial charge in [0.15, 0.2) is 17.3 Å². The van der Waals surface area contributed by atoms with E-state index in [2.05, 4.69) is 0 Å². The molecule has 6 nitrogen and oxygen atoms in total. The van der Waals surface area contributed by atoms with E-state index in [1.165, 1.54) is 36.5 Å². The number of Topliss-reactive ketones (excluding diaryl/α,β-unsaturated/α-hetero) is 2. The molecule has 0 heterocycles. The molecular formula is C21H24NO5-. The molecule has 0 radical (unpaired) electrons. The zero-order chi connectivity index (χ0) is 19.7. The molecule has 0 aromatic heterocycles. The molecule has 3 aliphatic carbocycles. The number of carbonyl (C=O) groups is 3. The van der Waals surface area contributed by atoms with Crippen molar-refractivity contribution in [3.8, 4) is 0 Å². The first kappa shape index (κ1) is 23.7. The summed E-state index contributed by atoms with van der Waals surface area (Å²) in [6.45, 7) is 3.36. The highest BCUT2D eigenvalue weighted by Gasteiger charge is 2.11. The highest BCUT2D eigenvalue weighted by Crippen LogP contribution is 2.10. The zero-order valence-electron chi connectivity index (χ0n) is 14.6. The van der Waals surface area contributed by atoms with Gasteiger partial charge < -0.3 is 15.6 Å². The van der Waals surface area contributed by atoms with E-state index in [4.69, 9.17) is 10.5 Å². The van der Waals surface area contributed by atoms with E-state index in [1.807, 2.05) is 0 Å². The Morgan fingerprint density at radius 2 is 1.33 bits per heavy atom. The minimum atomic E-state index is -0.366. The summed E-state index contributed by atoms with van der Waals surface area (Å²) in [5.41, 5.74) is 1.59. The third-order valence-electron chi connectivity index (χ3n) is 3.49. The summed E-state index contributed by atoms with van der Waals surface area (Å²) in [5.74, 6) is -1.13. The fourth-order valence-electron chi connectivity index (χ4n) is 1.91. The molecule has 3 rings (SSSR count). The predicted molar refractivity (Wildman–Crippen MR) is 103 cm³/mol. The third-order valence-corrected chi connectivity index (χ3v) is 3.49. The Balaban J connectivity index is 0.000000369. The topological polar surface area (TPSA) is 118 Å². The molecule has 0 saturated heterocycles. The van der Waals surface area contributed by atoms with E-state index in [1.54, 1.807) is 26.0 Å². The standard InChI is InChI=1S/2C7H8O2.C6H5NO.CH4/c2*1-5-3-2-4-6(8)7(5)9;7-5-1-3-6(8)4-2-5;/h2*3-4,8H,2H2,1H3;1-4,7H;1H4/p-1. The molecule has 0 aliphatic heterocycles. The Bertz CT molecular complexity index is 680. The maximum Gasteiger partial charge on any atom is 0.222 e. The second-order valence-electron chi connectivity index (χ2n) is 5.59. The van der Waals surface area contributed by atoms with Gasteiger partial charge in [-0.15, -0.1) is 0 Å². The third kappa shape index (κ3) is 8.09. The summed E-state index contributed by atoms with van der Waals surface area (Å²) >= 11 is 0. The number of nitrogens with one attached hydrogen (secondary N) is 1.